The first-order valence-electron chi connectivity index (χ1n) is 7.15. The van der Waals surface area contributed by atoms with Gasteiger partial charge < -0.3 is 4.57 Å². The van der Waals surface area contributed by atoms with Gasteiger partial charge in [0.15, 0.2) is 0 Å². The van der Waals surface area contributed by atoms with Gasteiger partial charge in [-0.2, -0.15) is 0 Å². The number of fused-ring (bicyclic) bond motifs is 1. The molecule has 0 saturated carbocycles. The summed E-state index contributed by atoms with van der Waals surface area (Å²) >= 11 is 0. The molecule has 1 aromatic carbocycles. The van der Waals surface area contributed by atoms with Crippen molar-refractivity contribution in [3.8, 4) is 0 Å². The van der Waals surface area contributed by atoms with Crippen LogP contribution in [0.2, 0.25) is 0 Å². The van der Waals surface area contributed by atoms with Gasteiger partial charge in [-0.15, -0.1) is 0 Å². The third-order valence-electron chi connectivity index (χ3n) is 3.60. The first kappa shape index (κ1) is 13.1. The SMILES string of the molecule is CCCC(CC)n1c(C(C)C)nc2ccccc21. The van der Waals surface area contributed by atoms with Crippen molar-refractivity contribution in [2.24, 2.45) is 0 Å². The molecule has 0 radical (unpaired) electrons. The average Bonchev–Trinajstić information content (AvgIpc) is 2.75. The molecule has 0 aliphatic rings. The van der Waals surface area contributed by atoms with Crippen LogP contribution in [0.5, 0.6) is 0 Å². The van der Waals surface area contributed by atoms with E-state index in [1.165, 1.54) is 30.6 Å². The fraction of sp³-hybridized carbons (Fsp3) is 0.562. The van der Waals surface area contributed by atoms with Crippen LogP contribution in [0.3, 0.4) is 0 Å². The first-order valence-corrected chi connectivity index (χ1v) is 7.15. The van der Waals surface area contributed by atoms with Gasteiger partial charge in [0.1, 0.15) is 5.82 Å². The van der Waals surface area contributed by atoms with E-state index in [2.05, 4.69) is 56.5 Å². The molecule has 0 amide bonds. The average molecular weight is 244 g/mol. The Morgan fingerprint density at radius 2 is 1.89 bits per heavy atom. The normalized spacial score (nSPS) is 13.4. The van der Waals surface area contributed by atoms with Crippen molar-refractivity contribution in [2.45, 2.75) is 58.9 Å². The third kappa shape index (κ3) is 2.29. The van der Waals surface area contributed by atoms with E-state index in [0.717, 1.165) is 5.52 Å². The van der Waals surface area contributed by atoms with Crippen molar-refractivity contribution >= 4 is 11.0 Å². The highest BCUT2D eigenvalue weighted by Gasteiger charge is 2.18. The lowest BCUT2D eigenvalue weighted by molar-refractivity contribution is 0.437. The maximum Gasteiger partial charge on any atom is 0.112 e. The molecule has 1 aromatic heterocycles. The fourth-order valence-electron chi connectivity index (χ4n) is 2.70. The molecule has 0 N–H and O–H groups in total. The van der Waals surface area contributed by atoms with Gasteiger partial charge >= 0.3 is 0 Å². The second-order valence-corrected chi connectivity index (χ2v) is 5.33. The van der Waals surface area contributed by atoms with Crippen molar-refractivity contribution in [1.82, 2.24) is 9.55 Å². The molecular formula is C16H24N2. The van der Waals surface area contributed by atoms with Crippen LogP contribution in [0, 0.1) is 0 Å². The number of nitrogens with zero attached hydrogens (tertiary/aromatic N) is 2. The van der Waals surface area contributed by atoms with Gasteiger partial charge in [0.25, 0.3) is 0 Å². The van der Waals surface area contributed by atoms with Gasteiger partial charge in [0.2, 0.25) is 0 Å². The number of rotatable bonds is 5. The maximum atomic E-state index is 4.83. The van der Waals surface area contributed by atoms with E-state index in [1.807, 2.05) is 0 Å². The number of hydrogen-bond acceptors (Lipinski definition) is 1. The number of aromatic nitrogens is 2. The van der Waals surface area contributed by atoms with Crippen LogP contribution in [0.25, 0.3) is 11.0 Å². The molecule has 0 aliphatic carbocycles. The topological polar surface area (TPSA) is 17.8 Å². The molecule has 18 heavy (non-hydrogen) atoms. The van der Waals surface area contributed by atoms with Gasteiger partial charge in [0.05, 0.1) is 11.0 Å². The van der Waals surface area contributed by atoms with E-state index in [-0.39, 0.29) is 0 Å². The summed E-state index contributed by atoms with van der Waals surface area (Å²) in [7, 11) is 0. The Kier molecular flexibility index (Phi) is 4.05. The van der Waals surface area contributed by atoms with Crippen molar-refractivity contribution in [1.29, 1.82) is 0 Å². The molecule has 0 fully saturated rings. The summed E-state index contributed by atoms with van der Waals surface area (Å²) in [4.78, 5) is 4.83. The highest BCUT2D eigenvalue weighted by Crippen LogP contribution is 2.29. The fourth-order valence-corrected chi connectivity index (χ4v) is 2.70. The summed E-state index contributed by atoms with van der Waals surface area (Å²) < 4.78 is 2.48. The van der Waals surface area contributed by atoms with Crippen LogP contribution in [0.1, 0.15) is 64.7 Å². The Hall–Kier alpha value is -1.31. The van der Waals surface area contributed by atoms with Crippen LogP contribution >= 0.6 is 0 Å². The predicted octanol–water partition coefficient (Wildman–Crippen LogP) is 4.91. The summed E-state index contributed by atoms with van der Waals surface area (Å²) in [5, 5.41) is 0. The molecule has 2 nitrogen and oxygen atoms in total. The van der Waals surface area contributed by atoms with Crippen LogP contribution < -0.4 is 0 Å². The minimum atomic E-state index is 0.475. The lowest BCUT2D eigenvalue weighted by Crippen LogP contribution is -2.12. The van der Waals surface area contributed by atoms with Gasteiger partial charge in [-0.3, -0.25) is 0 Å². The second-order valence-electron chi connectivity index (χ2n) is 5.33. The zero-order chi connectivity index (χ0) is 13.1. The standard InChI is InChI=1S/C16H24N2/c1-5-9-13(6-2)18-15-11-8-7-10-14(15)17-16(18)12(3)4/h7-8,10-13H,5-6,9H2,1-4H3. The molecule has 0 saturated heterocycles. The summed E-state index contributed by atoms with van der Waals surface area (Å²) in [5.74, 6) is 1.71. The minimum Gasteiger partial charge on any atom is -0.325 e. The Balaban J connectivity index is 2.60. The first-order chi connectivity index (χ1) is 8.69. The monoisotopic (exact) mass is 244 g/mol. The van der Waals surface area contributed by atoms with Crippen molar-refractivity contribution in [3.05, 3.63) is 30.1 Å². The smallest absolute Gasteiger partial charge is 0.112 e. The Morgan fingerprint density at radius 3 is 2.50 bits per heavy atom. The van der Waals surface area contributed by atoms with Gasteiger partial charge in [0, 0.05) is 12.0 Å². The Labute approximate surface area is 110 Å². The third-order valence-corrected chi connectivity index (χ3v) is 3.60. The van der Waals surface area contributed by atoms with Gasteiger partial charge in [-0.1, -0.05) is 46.2 Å². The molecule has 1 heterocycles. The molecule has 2 rings (SSSR count). The van der Waals surface area contributed by atoms with E-state index >= 15 is 0 Å². The predicted molar refractivity (Wildman–Crippen MR) is 78.1 cm³/mol. The molecular weight excluding hydrogens is 220 g/mol. The summed E-state index contributed by atoms with van der Waals surface area (Å²) in [5.41, 5.74) is 2.43. The largest absolute Gasteiger partial charge is 0.325 e. The molecule has 98 valence electrons. The highest BCUT2D eigenvalue weighted by molar-refractivity contribution is 5.76. The van der Waals surface area contributed by atoms with Crippen LogP contribution in [0.15, 0.2) is 24.3 Å². The van der Waals surface area contributed by atoms with Crippen LogP contribution in [-0.4, -0.2) is 9.55 Å². The van der Waals surface area contributed by atoms with Gasteiger partial charge in [-0.25, -0.2) is 4.98 Å². The Morgan fingerprint density at radius 1 is 1.17 bits per heavy atom. The molecule has 2 aromatic rings. The number of hydrogen-bond donors (Lipinski definition) is 0. The van der Waals surface area contributed by atoms with Crippen molar-refractivity contribution < 1.29 is 0 Å². The van der Waals surface area contributed by atoms with Crippen LogP contribution in [0.4, 0.5) is 0 Å². The quantitative estimate of drug-likeness (QED) is 0.730. The lowest BCUT2D eigenvalue weighted by Gasteiger charge is -2.21. The minimum absolute atomic E-state index is 0.475. The molecule has 0 bridgehead atoms. The molecule has 0 spiro atoms. The van der Waals surface area contributed by atoms with Crippen molar-refractivity contribution in [3.63, 3.8) is 0 Å². The highest BCUT2D eigenvalue weighted by atomic mass is 15.1. The van der Waals surface area contributed by atoms with E-state index in [1.54, 1.807) is 0 Å². The Bertz CT molecular complexity index is 511. The van der Waals surface area contributed by atoms with Crippen molar-refractivity contribution in [2.75, 3.05) is 0 Å². The maximum absolute atomic E-state index is 4.83. The zero-order valence-corrected chi connectivity index (χ0v) is 12.0. The molecule has 1 unspecified atom stereocenters. The summed E-state index contributed by atoms with van der Waals surface area (Å²) in [6, 6.07) is 9.09. The molecule has 2 heteroatoms. The summed E-state index contributed by atoms with van der Waals surface area (Å²) in [6.45, 7) is 9.00. The van der Waals surface area contributed by atoms with Gasteiger partial charge in [-0.05, 0) is 25.0 Å². The molecule has 1 atom stereocenters. The lowest BCUT2D eigenvalue weighted by atomic mass is 10.1. The van der Waals surface area contributed by atoms with E-state index in [4.69, 9.17) is 4.98 Å². The van der Waals surface area contributed by atoms with E-state index in [0.29, 0.717) is 12.0 Å². The number of benzene rings is 1. The van der Waals surface area contributed by atoms with Crippen LogP contribution in [-0.2, 0) is 0 Å². The van der Waals surface area contributed by atoms with E-state index < -0.39 is 0 Å². The number of imidazole rings is 1. The summed E-state index contributed by atoms with van der Waals surface area (Å²) in [6.07, 6.45) is 3.63. The van der Waals surface area contributed by atoms with E-state index in [9.17, 15) is 0 Å². The molecule has 0 aliphatic heterocycles. The second kappa shape index (κ2) is 5.55. The number of para-hydroxylation sites is 2. The zero-order valence-electron chi connectivity index (χ0n) is 12.0.